The van der Waals surface area contributed by atoms with Crippen molar-refractivity contribution in [2.45, 2.75) is 38.9 Å². The van der Waals surface area contributed by atoms with E-state index in [1.165, 1.54) is 22.3 Å². The largest absolute Gasteiger partial charge is 0.348 e. The molecular formula is C22H20ClN3O4S. The molecule has 7 nitrogen and oxygen atoms in total. The molecule has 4 rings (SSSR count). The van der Waals surface area contributed by atoms with Crippen molar-refractivity contribution in [3.63, 3.8) is 0 Å². The number of thiophene rings is 1. The second-order valence-electron chi connectivity index (χ2n) is 7.53. The third-order valence-electron chi connectivity index (χ3n) is 5.30. The minimum atomic E-state index is -0.617. The van der Waals surface area contributed by atoms with Crippen LogP contribution >= 0.6 is 22.9 Å². The molecule has 160 valence electrons. The Bertz CT molecular complexity index is 1120. The van der Waals surface area contributed by atoms with Gasteiger partial charge in [0.15, 0.2) is 0 Å². The first kappa shape index (κ1) is 21.3. The van der Waals surface area contributed by atoms with E-state index >= 15 is 0 Å². The molecule has 4 amide bonds. The molecule has 1 unspecified atom stereocenters. The summed E-state index contributed by atoms with van der Waals surface area (Å²) in [7, 11) is 0. The van der Waals surface area contributed by atoms with E-state index in [1.54, 1.807) is 12.1 Å². The molecule has 1 aromatic heterocycles. The molecule has 2 aromatic rings. The molecule has 2 aliphatic rings. The number of rotatable bonds is 5. The van der Waals surface area contributed by atoms with Crippen molar-refractivity contribution in [3.05, 3.63) is 61.8 Å². The maximum absolute atomic E-state index is 12.7. The predicted molar refractivity (Wildman–Crippen MR) is 117 cm³/mol. The number of amides is 4. The Hall–Kier alpha value is -2.97. The van der Waals surface area contributed by atoms with Gasteiger partial charge in [-0.25, -0.2) is 0 Å². The second-order valence-corrected chi connectivity index (χ2v) is 9.07. The van der Waals surface area contributed by atoms with Gasteiger partial charge in [0.05, 0.1) is 11.4 Å². The first-order chi connectivity index (χ1) is 14.8. The maximum Gasteiger partial charge on any atom is 0.265 e. The van der Waals surface area contributed by atoms with Crippen LogP contribution in [0.3, 0.4) is 0 Å². The number of nitrogens with zero attached hydrogens (tertiary/aromatic N) is 1. The Balaban J connectivity index is 1.34. The molecule has 1 aromatic carbocycles. The first-order valence-electron chi connectivity index (χ1n) is 9.80. The van der Waals surface area contributed by atoms with Crippen LogP contribution in [0.2, 0.25) is 5.02 Å². The summed E-state index contributed by atoms with van der Waals surface area (Å²) >= 11 is 7.41. The van der Waals surface area contributed by atoms with Gasteiger partial charge in [0, 0.05) is 28.9 Å². The van der Waals surface area contributed by atoms with Crippen molar-refractivity contribution >= 4 is 52.6 Å². The Morgan fingerprint density at radius 1 is 1.32 bits per heavy atom. The Morgan fingerprint density at radius 2 is 2.13 bits per heavy atom. The van der Waals surface area contributed by atoms with Crippen LogP contribution in [-0.2, 0) is 27.5 Å². The molecule has 0 spiro atoms. The van der Waals surface area contributed by atoms with Gasteiger partial charge in [0.1, 0.15) is 6.04 Å². The molecule has 31 heavy (non-hydrogen) atoms. The number of nitrogens with one attached hydrogen (secondary N) is 2. The summed E-state index contributed by atoms with van der Waals surface area (Å²) in [6.07, 6.45) is 3.70. The molecule has 1 fully saturated rings. The van der Waals surface area contributed by atoms with Crippen LogP contribution in [0.5, 0.6) is 0 Å². The molecule has 0 bridgehead atoms. The fraction of sp³-hybridized carbons (Fsp3) is 0.273. The monoisotopic (exact) mass is 457 g/mol. The van der Waals surface area contributed by atoms with Crippen LogP contribution in [0.15, 0.2) is 30.3 Å². The van der Waals surface area contributed by atoms with Crippen LogP contribution in [0.1, 0.15) is 44.1 Å². The van der Waals surface area contributed by atoms with Crippen molar-refractivity contribution in [2.24, 2.45) is 0 Å². The molecule has 9 heteroatoms. The lowest BCUT2D eigenvalue weighted by Gasteiger charge is -2.29. The normalized spacial score (nSPS) is 18.5. The van der Waals surface area contributed by atoms with Crippen LogP contribution in [0, 0.1) is 6.92 Å². The zero-order valence-corrected chi connectivity index (χ0v) is 18.3. The number of hydrogen-bond acceptors (Lipinski definition) is 5. The summed E-state index contributed by atoms with van der Waals surface area (Å²) in [6.45, 7) is 2.55. The van der Waals surface area contributed by atoms with Crippen molar-refractivity contribution in [1.29, 1.82) is 0 Å². The third kappa shape index (κ3) is 4.55. The summed E-state index contributed by atoms with van der Waals surface area (Å²) in [5, 5.41) is 5.75. The van der Waals surface area contributed by atoms with E-state index in [2.05, 4.69) is 10.6 Å². The van der Waals surface area contributed by atoms with E-state index in [9.17, 15) is 19.2 Å². The lowest BCUT2D eigenvalue weighted by molar-refractivity contribution is -0.137. The number of carbonyl (C=O) groups is 4. The highest BCUT2D eigenvalue weighted by Gasteiger charge is 2.40. The third-order valence-corrected chi connectivity index (χ3v) is 6.87. The first-order valence-corrected chi connectivity index (χ1v) is 11.0. The number of halogens is 1. The average Bonchev–Trinajstić information content (AvgIpc) is 3.26. The van der Waals surface area contributed by atoms with Gasteiger partial charge < -0.3 is 10.2 Å². The number of piperidine rings is 1. The molecule has 0 radical (unpaired) electrons. The molecule has 1 saturated heterocycles. The van der Waals surface area contributed by atoms with E-state index in [-0.39, 0.29) is 24.1 Å². The number of carbonyl (C=O) groups excluding carboxylic acids is 4. The molecule has 2 N–H and O–H groups in total. The zero-order valence-electron chi connectivity index (χ0n) is 16.7. The van der Waals surface area contributed by atoms with E-state index in [0.717, 1.165) is 21.6 Å². The lowest BCUT2D eigenvalue weighted by atomic mass is 10.0. The van der Waals surface area contributed by atoms with Gasteiger partial charge in [0.25, 0.3) is 5.91 Å². The molecule has 3 heterocycles. The molecule has 1 atom stereocenters. The molecule has 0 aliphatic carbocycles. The Kier molecular flexibility index (Phi) is 5.93. The highest BCUT2D eigenvalue weighted by Crippen LogP contribution is 2.33. The lowest BCUT2D eigenvalue weighted by Crippen LogP contribution is -2.52. The quantitative estimate of drug-likeness (QED) is 0.533. The van der Waals surface area contributed by atoms with Crippen molar-refractivity contribution in [2.75, 3.05) is 0 Å². The number of aryl methyl sites for hydroxylation is 1. The van der Waals surface area contributed by atoms with E-state index < -0.39 is 11.9 Å². The minimum absolute atomic E-state index is 0.205. The van der Waals surface area contributed by atoms with E-state index in [0.29, 0.717) is 29.4 Å². The van der Waals surface area contributed by atoms with Crippen LogP contribution in [0.4, 0.5) is 0 Å². The standard InChI is InChI=1S/C22H20ClN3O4S/c1-12-2-3-13(8-16(12)23)4-6-18(27)24-10-15-9-14-11-26(22(30)20(14)31-15)17-5-7-19(28)25-21(17)29/h2-4,6,8-9,17H,5,7,10-11H2,1H3,(H,24,27)(H,25,28,29). The highest BCUT2D eigenvalue weighted by atomic mass is 35.5. The van der Waals surface area contributed by atoms with Crippen LogP contribution in [-0.4, -0.2) is 34.6 Å². The van der Waals surface area contributed by atoms with Gasteiger partial charge >= 0.3 is 0 Å². The summed E-state index contributed by atoms with van der Waals surface area (Å²) in [5.74, 6) is -1.18. The van der Waals surface area contributed by atoms with E-state index in [4.69, 9.17) is 11.6 Å². The van der Waals surface area contributed by atoms with Gasteiger partial charge in [-0.2, -0.15) is 0 Å². The topological polar surface area (TPSA) is 95.6 Å². The fourth-order valence-electron chi connectivity index (χ4n) is 3.61. The number of benzene rings is 1. The van der Waals surface area contributed by atoms with Gasteiger partial charge in [-0.15, -0.1) is 11.3 Å². The van der Waals surface area contributed by atoms with E-state index in [1.807, 2.05) is 25.1 Å². The van der Waals surface area contributed by atoms with Crippen molar-refractivity contribution < 1.29 is 19.2 Å². The molecule has 2 aliphatic heterocycles. The zero-order chi connectivity index (χ0) is 22.1. The van der Waals surface area contributed by atoms with Crippen molar-refractivity contribution in [3.8, 4) is 0 Å². The Labute approximate surface area is 188 Å². The number of fused-ring (bicyclic) bond motifs is 1. The SMILES string of the molecule is Cc1ccc(C=CC(=O)NCc2cc3c(s2)C(=O)N(C2CCC(=O)NC2=O)C3)cc1Cl. The maximum atomic E-state index is 12.7. The highest BCUT2D eigenvalue weighted by molar-refractivity contribution is 7.14. The number of imide groups is 1. The van der Waals surface area contributed by atoms with Gasteiger partial charge in [-0.3, -0.25) is 24.5 Å². The number of hydrogen-bond donors (Lipinski definition) is 2. The van der Waals surface area contributed by atoms with Gasteiger partial charge in [0.2, 0.25) is 17.7 Å². The second kappa shape index (κ2) is 8.64. The molecular weight excluding hydrogens is 438 g/mol. The Morgan fingerprint density at radius 3 is 2.84 bits per heavy atom. The smallest absolute Gasteiger partial charge is 0.265 e. The fourth-order valence-corrected chi connectivity index (χ4v) is 4.86. The van der Waals surface area contributed by atoms with Crippen LogP contribution < -0.4 is 10.6 Å². The summed E-state index contributed by atoms with van der Waals surface area (Å²) in [4.78, 5) is 51.2. The average molecular weight is 458 g/mol. The minimum Gasteiger partial charge on any atom is -0.348 e. The van der Waals surface area contributed by atoms with Crippen molar-refractivity contribution in [1.82, 2.24) is 15.5 Å². The van der Waals surface area contributed by atoms with Gasteiger partial charge in [-0.05, 0) is 48.2 Å². The molecule has 0 saturated carbocycles. The summed E-state index contributed by atoms with van der Waals surface area (Å²) < 4.78 is 0. The summed E-state index contributed by atoms with van der Waals surface area (Å²) in [6, 6.07) is 6.84. The predicted octanol–water partition coefficient (Wildman–Crippen LogP) is 2.80. The van der Waals surface area contributed by atoms with Crippen LogP contribution in [0.25, 0.3) is 6.08 Å². The summed E-state index contributed by atoms with van der Waals surface area (Å²) in [5.41, 5.74) is 2.65. The van der Waals surface area contributed by atoms with Gasteiger partial charge in [-0.1, -0.05) is 23.7 Å².